The summed E-state index contributed by atoms with van der Waals surface area (Å²) < 4.78 is 11.0. The minimum absolute atomic E-state index is 0.0499. The number of benzene rings is 2. The lowest BCUT2D eigenvalue weighted by Crippen LogP contribution is -2.19. The van der Waals surface area contributed by atoms with Gasteiger partial charge < -0.3 is 14.8 Å². The minimum atomic E-state index is -0.489. The zero-order valence-corrected chi connectivity index (χ0v) is 17.2. The molecule has 28 heavy (non-hydrogen) atoms. The maximum atomic E-state index is 12.3. The number of halogens is 1. The molecule has 2 aromatic rings. The first-order chi connectivity index (χ1) is 13.4. The molecule has 8 nitrogen and oxygen atoms in total. The van der Waals surface area contributed by atoms with E-state index >= 15 is 0 Å². The number of thioether (sulfide) groups is 1. The van der Waals surface area contributed by atoms with Gasteiger partial charge in [-0.3, -0.25) is 14.9 Å². The van der Waals surface area contributed by atoms with Crippen LogP contribution in [0.2, 0.25) is 0 Å². The smallest absolute Gasteiger partial charge is 0.270 e. The second-order valence-electron chi connectivity index (χ2n) is 5.48. The van der Waals surface area contributed by atoms with Crippen LogP contribution in [0.25, 0.3) is 6.08 Å². The molecule has 1 fully saturated rings. The van der Waals surface area contributed by atoms with Crippen molar-refractivity contribution in [1.82, 2.24) is 5.32 Å². The fourth-order valence-electron chi connectivity index (χ4n) is 2.37. The largest absolute Gasteiger partial charge is 0.497 e. The quantitative estimate of drug-likeness (QED) is 0.403. The first kappa shape index (κ1) is 19.9. The number of carbonyl (C=O) groups excluding carboxylic acids is 1. The third kappa shape index (κ3) is 4.34. The van der Waals surface area contributed by atoms with Crippen LogP contribution >= 0.6 is 27.7 Å². The average molecular weight is 464 g/mol. The summed E-state index contributed by atoms with van der Waals surface area (Å²) in [7, 11) is 3.10. The van der Waals surface area contributed by atoms with Gasteiger partial charge in [0.05, 0.1) is 34.2 Å². The fraction of sp³-hybridized carbons (Fsp3) is 0.111. The second-order valence-corrected chi connectivity index (χ2v) is 7.37. The van der Waals surface area contributed by atoms with Gasteiger partial charge >= 0.3 is 0 Å². The van der Waals surface area contributed by atoms with Crippen LogP contribution in [0.5, 0.6) is 11.5 Å². The van der Waals surface area contributed by atoms with E-state index in [1.165, 1.54) is 37.1 Å². The van der Waals surface area contributed by atoms with Crippen molar-refractivity contribution in [1.29, 1.82) is 0 Å². The van der Waals surface area contributed by atoms with Gasteiger partial charge in [-0.25, -0.2) is 4.99 Å². The van der Waals surface area contributed by atoms with Crippen LogP contribution in [-0.4, -0.2) is 30.2 Å². The molecule has 10 heteroatoms. The van der Waals surface area contributed by atoms with Gasteiger partial charge in [0.25, 0.3) is 11.6 Å². The van der Waals surface area contributed by atoms with E-state index in [9.17, 15) is 14.9 Å². The highest BCUT2D eigenvalue weighted by Gasteiger charge is 2.24. The number of amidine groups is 1. The van der Waals surface area contributed by atoms with Gasteiger partial charge in [-0.1, -0.05) is 0 Å². The van der Waals surface area contributed by atoms with Gasteiger partial charge in [0.15, 0.2) is 5.17 Å². The Morgan fingerprint density at radius 3 is 2.64 bits per heavy atom. The Morgan fingerprint density at radius 2 is 2.00 bits per heavy atom. The lowest BCUT2D eigenvalue weighted by Gasteiger charge is -2.07. The highest BCUT2D eigenvalue weighted by atomic mass is 79.9. The summed E-state index contributed by atoms with van der Waals surface area (Å²) in [5.41, 5.74) is 1.14. The number of amides is 1. The zero-order chi connectivity index (χ0) is 20.3. The van der Waals surface area contributed by atoms with E-state index in [0.29, 0.717) is 31.7 Å². The van der Waals surface area contributed by atoms with Crippen molar-refractivity contribution < 1.29 is 19.2 Å². The molecule has 0 aliphatic carbocycles. The van der Waals surface area contributed by atoms with E-state index in [1.54, 1.807) is 31.4 Å². The van der Waals surface area contributed by atoms with Gasteiger partial charge in [0.2, 0.25) is 0 Å². The molecular weight excluding hydrogens is 450 g/mol. The van der Waals surface area contributed by atoms with Crippen molar-refractivity contribution in [3.8, 4) is 11.5 Å². The van der Waals surface area contributed by atoms with Crippen molar-refractivity contribution in [3.63, 3.8) is 0 Å². The molecule has 2 aromatic carbocycles. The maximum Gasteiger partial charge on any atom is 0.270 e. The number of non-ortho nitro benzene ring substituents is 1. The third-order valence-electron chi connectivity index (χ3n) is 3.74. The predicted octanol–water partition coefficient (Wildman–Crippen LogP) is 4.27. The molecule has 0 bridgehead atoms. The van der Waals surface area contributed by atoms with E-state index in [1.807, 2.05) is 0 Å². The number of nitrogens with one attached hydrogen (secondary N) is 1. The molecule has 0 aromatic heterocycles. The van der Waals surface area contributed by atoms with Crippen LogP contribution in [0.4, 0.5) is 11.4 Å². The van der Waals surface area contributed by atoms with Crippen molar-refractivity contribution in [2.75, 3.05) is 14.2 Å². The normalized spacial score (nSPS) is 16.3. The van der Waals surface area contributed by atoms with E-state index in [2.05, 4.69) is 26.2 Å². The molecule has 1 N–H and O–H groups in total. The van der Waals surface area contributed by atoms with E-state index < -0.39 is 4.92 Å². The van der Waals surface area contributed by atoms with Crippen LogP contribution in [-0.2, 0) is 4.79 Å². The number of aliphatic imine (C=N–C) groups is 1. The fourth-order valence-corrected chi connectivity index (χ4v) is 3.65. The Hall–Kier alpha value is -2.85. The lowest BCUT2D eigenvalue weighted by atomic mass is 10.1. The topological polar surface area (TPSA) is 103 Å². The zero-order valence-electron chi connectivity index (χ0n) is 14.8. The highest BCUT2D eigenvalue weighted by Crippen LogP contribution is 2.34. The molecule has 0 atom stereocenters. The minimum Gasteiger partial charge on any atom is -0.497 e. The molecule has 0 radical (unpaired) electrons. The number of ether oxygens (including phenoxy) is 2. The summed E-state index contributed by atoms with van der Waals surface area (Å²) in [5, 5.41) is 13.9. The van der Waals surface area contributed by atoms with Crippen molar-refractivity contribution in [3.05, 3.63) is 61.5 Å². The Balaban J connectivity index is 1.87. The molecule has 1 heterocycles. The van der Waals surface area contributed by atoms with Gasteiger partial charge in [0, 0.05) is 23.8 Å². The first-order valence-corrected chi connectivity index (χ1v) is 9.47. The molecule has 1 amide bonds. The summed E-state index contributed by atoms with van der Waals surface area (Å²) >= 11 is 4.43. The van der Waals surface area contributed by atoms with Crippen molar-refractivity contribution in [2.45, 2.75) is 0 Å². The van der Waals surface area contributed by atoms with Crippen LogP contribution in [0, 0.1) is 10.1 Å². The first-order valence-electron chi connectivity index (χ1n) is 7.87. The van der Waals surface area contributed by atoms with Gasteiger partial charge in [-0.2, -0.15) is 0 Å². The average Bonchev–Trinajstić information content (AvgIpc) is 3.02. The summed E-state index contributed by atoms with van der Waals surface area (Å²) in [5.74, 6) is 0.927. The predicted molar refractivity (Wildman–Crippen MR) is 111 cm³/mol. The van der Waals surface area contributed by atoms with Crippen LogP contribution in [0.15, 0.2) is 50.8 Å². The monoisotopic (exact) mass is 463 g/mol. The number of rotatable bonds is 5. The number of nitro groups is 1. The Bertz CT molecular complexity index is 1020. The number of nitro benzene ring substituents is 1. The number of hydrogen-bond acceptors (Lipinski definition) is 7. The highest BCUT2D eigenvalue weighted by molar-refractivity contribution is 9.10. The standard InChI is InChI=1S/C18H14BrN3O5S/c1-26-12-5-3-10(15(9-12)27-2)7-16-17(23)21-18(28-16)20-14-6-4-11(22(24)25)8-13(14)19/h3-9H,1-2H3,(H,20,21,23)/b16-7+. The van der Waals surface area contributed by atoms with E-state index in [4.69, 9.17) is 9.47 Å². The van der Waals surface area contributed by atoms with Crippen LogP contribution < -0.4 is 14.8 Å². The number of methoxy groups -OCH3 is 2. The lowest BCUT2D eigenvalue weighted by molar-refractivity contribution is -0.384. The van der Waals surface area contributed by atoms with Crippen molar-refractivity contribution in [2.24, 2.45) is 4.99 Å². The molecule has 1 aliphatic rings. The van der Waals surface area contributed by atoms with E-state index in [-0.39, 0.29) is 11.6 Å². The number of nitrogens with zero attached hydrogens (tertiary/aromatic N) is 2. The molecule has 0 unspecified atom stereocenters. The second kappa shape index (κ2) is 8.44. The molecule has 1 saturated heterocycles. The molecule has 1 aliphatic heterocycles. The SMILES string of the molecule is COc1ccc(/C=C2/SC(=Nc3ccc([N+](=O)[O-])cc3Br)NC2=O)c(OC)c1. The molecule has 3 rings (SSSR count). The Morgan fingerprint density at radius 1 is 1.21 bits per heavy atom. The molecular formula is C18H14BrN3O5S. The number of hydrogen-bond donors (Lipinski definition) is 1. The third-order valence-corrected chi connectivity index (χ3v) is 5.29. The van der Waals surface area contributed by atoms with Crippen molar-refractivity contribution >= 4 is 56.2 Å². The Labute approximate surface area is 172 Å². The van der Waals surface area contributed by atoms with Gasteiger partial charge in [0.1, 0.15) is 11.5 Å². The summed E-state index contributed by atoms with van der Waals surface area (Å²) in [6.07, 6.45) is 1.70. The molecule has 0 spiro atoms. The van der Waals surface area contributed by atoms with Crippen LogP contribution in [0.1, 0.15) is 5.56 Å². The van der Waals surface area contributed by atoms with Gasteiger partial charge in [-0.15, -0.1) is 0 Å². The molecule has 144 valence electrons. The van der Waals surface area contributed by atoms with E-state index in [0.717, 1.165) is 5.56 Å². The van der Waals surface area contributed by atoms with Gasteiger partial charge in [-0.05, 0) is 52.0 Å². The maximum absolute atomic E-state index is 12.3. The Kier molecular flexibility index (Phi) is 6.00. The molecule has 0 saturated carbocycles. The summed E-state index contributed by atoms with van der Waals surface area (Å²) in [6.45, 7) is 0. The summed E-state index contributed by atoms with van der Waals surface area (Å²) in [4.78, 5) is 27.4. The summed E-state index contributed by atoms with van der Waals surface area (Å²) in [6, 6.07) is 9.52. The number of carbonyl (C=O) groups is 1. The van der Waals surface area contributed by atoms with Crippen LogP contribution in [0.3, 0.4) is 0 Å².